The minimum atomic E-state index is -0.129. The largest absolute Gasteiger partial charge is 0.489 e. The van der Waals surface area contributed by atoms with E-state index in [1.165, 1.54) is 5.56 Å². The summed E-state index contributed by atoms with van der Waals surface area (Å²) in [6, 6.07) is 27.3. The molecule has 4 nitrogen and oxygen atoms in total. The van der Waals surface area contributed by atoms with Crippen LogP contribution in [0.1, 0.15) is 11.1 Å². The van der Waals surface area contributed by atoms with E-state index >= 15 is 0 Å². The van der Waals surface area contributed by atoms with Gasteiger partial charge in [-0.2, -0.15) is 0 Å². The molecule has 1 N–H and O–H groups in total. The molecule has 3 aromatic rings. The van der Waals surface area contributed by atoms with Crippen molar-refractivity contribution < 1.29 is 14.3 Å². The van der Waals surface area contributed by atoms with E-state index in [2.05, 4.69) is 5.32 Å². The minimum Gasteiger partial charge on any atom is -0.489 e. The average Bonchev–Trinajstić information content (AvgIpc) is 2.73. The lowest BCUT2D eigenvalue weighted by Gasteiger charge is -2.09. The first-order valence-electron chi connectivity index (χ1n) is 9.00. The van der Waals surface area contributed by atoms with Crippen molar-refractivity contribution in [3.63, 3.8) is 0 Å². The molecule has 0 atom stereocenters. The maximum absolute atomic E-state index is 11.9. The Bertz CT molecular complexity index is 817. The normalized spacial score (nSPS) is 10.2. The first-order chi connectivity index (χ1) is 13.3. The maximum Gasteiger partial charge on any atom is 0.257 e. The molecule has 27 heavy (non-hydrogen) atoms. The van der Waals surface area contributed by atoms with E-state index in [-0.39, 0.29) is 12.5 Å². The topological polar surface area (TPSA) is 47.6 Å². The standard InChI is InChI=1S/C23H23NO3/c25-23(24-16-15-19-7-3-1-4-8-19)18-27-22-13-11-21(12-14-22)26-17-20-9-5-2-6-10-20/h1-14H,15-18H2,(H,24,25). The quantitative estimate of drug-likeness (QED) is 0.627. The molecular weight excluding hydrogens is 338 g/mol. The summed E-state index contributed by atoms with van der Waals surface area (Å²) in [6.07, 6.45) is 0.806. The first-order valence-corrected chi connectivity index (χ1v) is 9.00. The fourth-order valence-electron chi connectivity index (χ4n) is 2.56. The number of nitrogens with one attached hydrogen (secondary N) is 1. The van der Waals surface area contributed by atoms with Gasteiger partial charge in [-0.25, -0.2) is 0 Å². The zero-order valence-electron chi connectivity index (χ0n) is 15.1. The number of hydrogen-bond acceptors (Lipinski definition) is 3. The molecule has 0 aromatic heterocycles. The number of carbonyl (C=O) groups is 1. The predicted octanol–water partition coefficient (Wildman–Crippen LogP) is 4.00. The van der Waals surface area contributed by atoms with Gasteiger partial charge in [0.05, 0.1) is 0 Å². The van der Waals surface area contributed by atoms with E-state index in [4.69, 9.17) is 9.47 Å². The zero-order valence-corrected chi connectivity index (χ0v) is 15.1. The number of rotatable bonds is 9. The van der Waals surface area contributed by atoms with Crippen LogP contribution >= 0.6 is 0 Å². The fourth-order valence-corrected chi connectivity index (χ4v) is 2.56. The summed E-state index contributed by atoms with van der Waals surface area (Å²) < 4.78 is 11.3. The first kappa shape index (κ1) is 18.5. The summed E-state index contributed by atoms with van der Waals surface area (Å²) in [4.78, 5) is 11.9. The van der Waals surface area contributed by atoms with E-state index < -0.39 is 0 Å². The monoisotopic (exact) mass is 361 g/mol. The third-order valence-corrected chi connectivity index (χ3v) is 4.02. The number of hydrogen-bond donors (Lipinski definition) is 1. The van der Waals surface area contributed by atoms with Crippen molar-refractivity contribution in [2.24, 2.45) is 0 Å². The minimum absolute atomic E-state index is 0.000983. The third-order valence-electron chi connectivity index (χ3n) is 4.02. The highest BCUT2D eigenvalue weighted by Crippen LogP contribution is 2.18. The Kier molecular flexibility index (Phi) is 6.87. The van der Waals surface area contributed by atoms with Gasteiger partial charge in [0.25, 0.3) is 5.91 Å². The Labute approximate surface area is 159 Å². The Hall–Kier alpha value is -3.27. The molecule has 0 unspecified atom stereocenters. The summed E-state index contributed by atoms with van der Waals surface area (Å²) >= 11 is 0. The molecule has 0 aliphatic heterocycles. The second-order valence-corrected chi connectivity index (χ2v) is 6.12. The van der Waals surface area contributed by atoms with Gasteiger partial charge in [0.1, 0.15) is 18.1 Å². The number of benzene rings is 3. The van der Waals surface area contributed by atoms with Gasteiger partial charge >= 0.3 is 0 Å². The van der Waals surface area contributed by atoms with E-state index in [0.717, 1.165) is 17.7 Å². The van der Waals surface area contributed by atoms with Crippen LogP contribution < -0.4 is 14.8 Å². The molecule has 3 aromatic carbocycles. The van der Waals surface area contributed by atoms with Gasteiger partial charge in [-0.15, -0.1) is 0 Å². The maximum atomic E-state index is 11.9. The van der Waals surface area contributed by atoms with E-state index in [1.54, 1.807) is 12.1 Å². The van der Waals surface area contributed by atoms with E-state index in [9.17, 15) is 4.79 Å². The molecule has 0 radical (unpaired) electrons. The second-order valence-electron chi connectivity index (χ2n) is 6.12. The van der Waals surface area contributed by atoms with Crippen LogP contribution in [0.15, 0.2) is 84.9 Å². The SMILES string of the molecule is O=C(COc1ccc(OCc2ccccc2)cc1)NCCc1ccccc1. The van der Waals surface area contributed by atoms with Gasteiger partial charge in [0, 0.05) is 6.54 Å². The van der Waals surface area contributed by atoms with Gasteiger partial charge < -0.3 is 14.8 Å². The molecule has 4 heteroatoms. The van der Waals surface area contributed by atoms with Gasteiger partial charge in [0.2, 0.25) is 0 Å². The summed E-state index contributed by atoms with van der Waals surface area (Å²) in [5.41, 5.74) is 2.31. The lowest BCUT2D eigenvalue weighted by Crippen LogP contribution is -2.30. The summed E-state index contributed by atoms with van der Waals surface area (Å²) in [6.45, 7) is 1.11. The van der Waals surface area contributed by atoms with E-state index in [1.807, 2.05) is 72.8 Å². The third kappa shape index (κ3) is 6.51. The van der Waals surface area contributed by atoms with Crippen molar-refractivity contribution in [2.75, 3.05) is 13.2 Å². The molecule has 0 fully saturated rings. The molecule has 1 amide bonds. The van der Waals surface area contributed by atoms with Crippen molar-refractivity contribution >= 4 is 5.91 Å². The number of ether oxygens (including phenoxy) is 2. The van der Waals surface area contributed by atoms with Gasteiger partial charge in [0.15, 0.2) is 6.61 Å². The summed E-state index contributed by atoms with van der Waals surface area (Å²) in [5, 5.41) is 2.86. The second kappa shape index (κ2) is 10.0. The molecule has 0 spiro atoms. The molecular formula is C23H23NO3. The molecule has 0 saturated heterocycles. The lowest BCUT2D eigenvalue weighted by molar-refractivity contribution is -0.123. The lowest BCUT2D eigenvalue weighted by atomic mass is 10.1. The molecule has 0 aliphatic carbocycles. The van der Waals surface area contributed by atoms with Crippen molar-refractivity contribution in [3.8, 4) is 11.5 Å². The molecule has 138 valence electrons. The highest BCUT2D eigenvalue weighted by atomic mass is 16.5. The van der Waals surface area contributed by atoms with Crippen LogP contribution in [0.25, 0.3) is 0 Å². The van der Waals surface area contributed by atoms with Gasteiger partial charge in [-0.1, -0.05) is 60.7 Å². The average molecular weight is 361 g/mol. The van der Waals surface area contributed by atoms with Crippen LogP contribution in [0.4, 0.5) is 0 Å². The fraction of sp³-hybridized carbons (Fsp3) is 0.174. The predicted molar refractivity (Wildman–Crippen MR) is 106 cm³/mol. The Morgan fingerprint density at radius 2 is 1.26 bits per heavy atom. The van der Waals surface area contributed by atoms with Crippen LogP contribution in [0.2, 0.25) is 0 Å². The summed E-state index contributed by atoms with van der Waals surface area (Å²) in [5.74, 6) is 1.27. The summed E-state index contributed by atoms with van der Waals surface area (Å²) in [7, 11) is 0. The Balaban J connectivity index is 1.36. The molecule has 0 bridgehead atoms. The van der Waals surface area contributed by atoms with Crippen molar-refractivity contribution in [3.05, 3.63) is 96.1 Å². The van der Waals surface area contributed by atoms with Crippen molar-refractivity contribution in [1.82, 2.24) is 5.32 Å². The smallest absolute Gasteiger partial charge is 0.257 e. The molecule has 0 aliphatic rings. The number of carbonyl (C=O) groups excluding carboxylic acids is 1. The Morgan fingerprint density at radius 3 is 1.89 bits per heavy atom. The molecule has 0 saturated carbocycles. The van der Waals surface area contributed by atoms with Gasteiger partial charge in [-0.05, 0) is 41.8 Å². The number of amides is 1. The highest BCUT2D eigenvalue weighted by molar-refractivity contribution is 5.77. The highest BCUT2D eigenvalue weighted by Gasteiger charge is 2.03. The van der Waals surface area contributed by atoms with Crippen LogP contribution in [0.5, 0.6) is 11.5 Å². The van der Waals surface area contributed by atoms with Gasteiger partial charge in [-0.3, -0.25) is 4.79 Å². The Morgan fingerprint density at radius 1 is 0.704 bits per heavy atom. The molecule has 3 rings (SSSR count). The van der Waals surface area contributed by atoms with Crippen LogP contribution in [0.3, 0.4) is 0 Å². The van der Waals surface area contributed by atoms with Crippen LogP contribution in [-0.4, -0.2) is 19.1 Å². The van der Waals surface area contributed by atoms with E-state index in [0.29, 0.717) is 18.9 Å². The van der Waals surface area contributed by atoms with Crippen molar-refractivity contribution in [1.29, 1.82) is 0 Å². The van der Waals surface area contributed by atoms with Crippen LogP contribution in [0, 0.1) is 0 Å². The van der Waals surface area contributed by atoms with Crippen LogP contribution in [-0.2, 0) is 17.8 Å². The molecule has 0 heterocycles. The zero-order chi connectivity index (χ0) is 18.7. The van der Waals surface area contributed by atoms with Crippen molar-refractivity contribution in [2.45, 2.75) is 13.0 Å².